The van der Waals surface area contributed by atoms with Gasteiger partial charge in [0.2, 0.25) is 5.95 Å². The molecule has 114 valence electrons. The first-order valence-electron chi connectivity index (χ1n) is 7.58. The van der Waals surface area contributed by atoms with E-state index in [1.165, 1.54) is 0 Å². The summed E-state index contributed by atoms with van der Waals surface area (Å²) in [6.45, 7) is 9.24. The molecule has 0 atom stereocenters. The molecule has 1 aromatic rings. The SMILES string of the molecule is CCCNCc1cnc(N(CC)CCCN(C)C)nc1. The first-order chi connectivity index (χ1) is 9.67. The minimum atomic E-state index is 0.838. The van der Waals surface area contributed by atoms with Crippen molar-refractivity contribution in [2.75, 3.05) is 45.2 Å². The molecule has 0 aromatic carbocycles. The lowest BCUT2D eigenvalue weighted by atomic mass is 10.3. The van der Waals surface area contributed by atoms with E-state index < -0.39 is 0 Å². The normalized spacial score (nSPS) is 11.1. The number of nitrogens with zero attached hydrogens (tertiary/aromatic N) is 4. The van der Waals surface area contributed by atoms with Crippen molar-refractivity contribution in [3.05, 3.63) is 18.0 Å². The molecular formula is C15H29N5. The fourth-order valence-electron chi connectivity index (χ4n) is 1.99. The number of aromatic nitrogens is 2. The Morgan fingerprint density at radius 3 is 2.35 bits per heavy atom. The Morgan fingerprint density at radius 1 is 1.10 bits per heavy atom. The van der Waals surface area contributed by atoms with E-state index in [4.69, 9.17) is 0 Å². The van der Waals surface area contributed by atoms with Crippen molar-refractivity contribution in [3.8, 4) is 0 Å². The van der Waals surface area contributed by atoms with Crippen molar-refractivity contribution in [3.63, 3.8) is 0 Å². The van der Waals surface area contributed by atoms with Crippen LogP contribution in [0.25, 0.3) is 0 Å². The van der Waals surface area contributed by atoms with Crippen LogP contribution < -0.4 is 10.2 Å². The summed E-state index contributed by atoms with van der Waals surface area (Å²) in [5, 5.41) is 3.36. The fraction of sp³-hybridized carbons (Fsp3) is 0.733. The molecule has 1 N–H and O–H groups in total. The zero-order chi connectivity index (χ0) is 14.8. The summed E-state index contributed by atoms with van der Waals surface area (Å²) in [4.78, 5) is 13.4. The lowest BCUT2D eigenvalue weighted by molar-refractivity contribution is 0.400. The monoisotopic (exact) mass is 279 g/mol. The van der Waals surface area contributed by atoms with E-state index in [0.717, 1.165) is 57.1 Å². The summed E-state index contributed by atoms with van der Waals surface area (Å²) < 4.78 is 0. The number of rotatable bonds is 10. The van der Waals surface area contributed by atoms with Gasteiger partial charge in [0.1, 0.15) is 0 Å². The second-order valence-electron chi connectivity index (χ2n) is 5.30. The topological polar surface area (TPSA) is 44.3 Å². The van der Waals surface area contributed by atoms with Gasteiger partial charge in [-0.05, 0) is 47.0 Å². The van der Waals surface area contributed by atoms with Gasteiger partial charge in [-0.25, -0.2) is 9.97 Å². The predicted molar refractivity (Wildman–Crippen MR) is 85.1 cm³/mol. The standard InChI is InChI=1S/C15H29N5/c1-5-8-16-11-14-12-17-15(18-13-14)20(6-2)10-7-9-19(3)4/h12-13,16H,5-11H2,1-4H3. The third kappa shape index (κ3) is 6.30. The van der Waals surface area contributed by atoms with Gasteiger partial charge >= 0.3 is 0 Å². The maximum absolute atomic E-state index is 4.49. The van der Waals surface area contributed by atoms with Gasteiger partial charge in [0.25, 0.3) is 0 Å². The van der Waals surface area contributed by atoms with Crippen molar-refractivity contribution in [1.29, 1.82) is 0 Å². The highest BCUT2D eigenvalue weighted by Gasteiger charge is 2.07. The summed E-state index contributed by atoms with van der Waals surface area (Å²) in [5.74, 6) is 0.838. The first kappa shape index (κ1) is 16.9. The van der Waals surface area contributed by atoms with Crippen molar-refractivity contribution < 1.29 is 0 Å². The lowest BCUT2D eigenvalue weighted by Gasteiger charge is -2.21. The van der Waals surface area contributed by atoms with Crippen LogP contribution in [0.3, 0.4) is 0 Å². The van der Waals surface area contributed by atoms with Gasteiger partial charge in [-0.3, -0.25) is 0 Å². The van der Waals surface area contributed by atoms with Crippen LogP contribution in [-0.2, 0) is 6.54 Å². The van der Waals surface area contributed by atoms with Gasteiger partial charge < -0.3 is 15.1 Å². The van der Waals surface area contributed by atoms with Gasteiger partial charge in [-0.1, -0.05) is 6.92 Å². The summed E-state index contributed by atoms with van der Waals surface area (Å²) in [6, 6.07) is 0. The van der Waals surface area contributed by atoms with Crippen molar-refractivity contribution in [2.45, 2.75) is 33.2 Å². The number of nitrogens with one attached hydrogen (secondary N) is 1. The molecule has 0 unspecified atom stereocenters. The van der Waals surface area contributed by atoms with Gasteiger partial charge in [0.15, 0.2) is 0 Å². The van der Waals surface area contributed by atoms with Crippen LogP contribution in [0.1, 0.15) is 32.3 Å². The maximum atomic E-state index is 4.49. The molecule has 0 saturated carbocycles. The summed E-state index contributed by atoms with van der Waals surface area (Å²) in [5.41, 5.74) is 1.14. The van der Waals surface area contributed by atoms with E-state index in [9.17, 15) is 0 Å². The smallest absolute Gasteiger partial charge is 0.225 e. The zero-order valence-corrected chi connectivity index (χ0v) is 13.4. The van der Waals surface area contributed by atoms with Crippen LogP contribution in [0, 0.1) is 0 Å². The molecule has 0 spiro atoms. The van der Waals surface area contributed by atoms with E-state index in [0.29, 0.717) is 0 Å². The van der Waals surface area contributed by atoms with Crippen LogP contribution in [0.2, 0.25) is 0 Å². The fourth-order valence-corrected chi connectivity index (χ4v) is 1.99. The Balaban J connectivity index is 2.47. The van der Waals surface area contributed by atoms with E-state index in [2.05, 4.69) is 53.0 Å². The number of hydrogen-bond donors (Lipinski definition) is 1. The minimum absolute atomic E-state index is 0.838. The molecule has 0 aliphatic heterocycles. The quantitative estimate of drug-likeness (QED) is 0.661. The Bertz CT molecular complexity index is 350. The summed E-state index contributed by atoms with van der Waals surface area (Å²) in [7, 11) is 4.20. The number of anilines is 1. The van der Waals surface area contributed by atoms with E-state index in [1.54, 1.807) is 0 Å². The van der Waals surface area contributed by atoms with Crippen LogP contribution in [0.15, 0.2) is 12.4 Å². The molecule has 1 aromatic heterocycles. The summed E-state index contributed by atoms with van der Waals surface area (Å²) in [6.07, 6.45) is 6.14. The largest absolute Gasteiger partial charge is 0.341 e. The van der Waals surface area contributed by atoms with Crippen molar-refractivity contribution in [1.82, 2.24) is 20.2 Å². The Morgan fingerprint density at radius 2 is 1.80 bits per heavy atom. The van der Waals surface area contributed by atoms with Crippen LogP contribution in [0.4, 0.5) is 5.95 Å². The van der Waals surface area contributed by atoms with Crippen LogP contribution in [0.5, 0.6) is 0 Å². The molecule has 5 heteroatoms. The molecule has 5 nitrogen and oxygen atoms in total. The Labute approximate surface area is 123 Å². The highest BCUT2D eigenvalue weighted by Crippen LogP contribution is 2.07. The number of hydrogen-bond acceptors (Lipinski definition) is 5. The molecule has 1 rings (SSSR count). The first-order valence-corrected chi connectivity index (χ1v) is 7.58. The van der Waals surface area contributed by atoms with E-state index in [1.807, 2.05) is 12.4 Å². The molecule has 0 radical (unpaired) electrons. The molecular weight excluding hydrogens is 250 g/mol. The molecule has 0 amide bonds. The third-order valence-corrected chi connectivity index (χ3v) is 3.15. The predicted octanol–water partition coefficient (Wildman–Crippen LogP) is 1.75. The zero-order valence-electron chi connectivity index (χ0n) is 13.4. The maximum Gasteiger partial charge on any atom is 0.225 e. The minimum Gasteiger partial charge on any atom is -0.341 e. The molecule has 20 heavy (non-hydrogen) atoms. The molecule has 0 aliphatic rings. The van der Waals surface area contributed by atoms with Gasteiger partial charge in [0, 0.05) is 37.6 Å². The van der Waals surface area contributed by atoms with Crippen molar-refractivity contribution in [2.24, 2.45) is 0 Å². The highest BCUT2D eigenvalue weighted by atomic mass is 15.2. The van der Waals surface area contributed by atoms with Crippen molar-refractivity contribution >= 4 is 5.95 Å². The molecule has 1 heterocycles. The second-order valence-corrected chi connectivity index (χ2v) is 5.30. The third-order valence-electron chi connectivity index (χ3n) is 3.15. The van der Waals surface area contributed by atoms with Crippen LogP contribution >= 0.6 is 0 Å². The molecule has 0 fully saturated rings. The Kier molecular flexibility index (Phi) is 8.14. The average molecular weight is 279 g/mol. The van der Waals surface area contributed by atoms with E-state index in [-0.39, 0.29) is 0 Å². The van der Waals surface area contributed by atoms with Gasteiger partial charge in [0.05, 0.1) is 0 Å². The lowest BCUT2D eigenvalue weighted by Crippen LogP contribution is -2.28. The van der Waals surface area contributed by atoms with Gasteiger partial charge in [-0.2, -0.15) is 0 Å². The highest BCUT2D eigenvalue weighted by molar-refractivity contribution is 5.29. The van der Waals surface area contributed by atoms with E-state index >= 15 is 0 Å². The van der Waals surface area contributed by atoms with Gasteiger partial charge in [-0.15, -0.1) is 0 Å². The molecule has 0 aliphatic carbocycles. The summed E-state index contributed by atoms with van der Waals surface area (Å²) >= 11 is 0. The molecule has 0 saturated heterocycles. The Hall–Kier alpha value is -1.20. The second kappa shape index (κ2) is 9.66. The molecule has 0 bridgehead atoms. The average Bonchev–Trinajstić information content (AvgIpc) is 2.45. The van der Waals surface area contributed by atoms with Crippen LogP contribution in [-0.4, -0.2) is 55.1 Å².